The van der Waals surface area contributed by atoms with Crippen molar-refractivity contribution in [3.63, 3.8) is 0 Å². The van der Waals surface area contributed by atoms with Crippen molar-refractivity contribution >= 4 is 12.0 Å². The number of carbonyl (C=O) groups is 2. The average Bonchev–Trinajstić information content (AvgIpc) is 3.25. The Morgan fingerprint density at radius 3 is 2.29 bits per heavy atom. The van der Waals surface area contributed by atoms with Gasteiger partial charge in [0.25, 0.3) is 0 Å². The van der Waals surface area contributed by atoms with E-state index in [4.69, 9.17) is 4.74 Å². The van der Waals surface area contributed by atoms with E-state index >= 15 is 0 Å². The maximum atomic E-state index is 13.0. The zero-order chi connectivity index (χ0) is 27.2. The van der Waals surface area contributed by atoms with Gasteiger partial charge in [-0.05, 0) is 111 Å². The third-order valence-electron chi connectivity index (χ3n) is 12.4. The van der Waals surface area contributed by atoms with Gasteiger partial charge in [-0.2, -0.15) is 0 Å². The molecule has 38 heavy (non-hydrogen) atoms. The normalized spacial score (nSPS) is 43.6. The van der Waals surface area contributed by atoms with E-state index in [1.807, 2.05) is 11.8 Å². The van der Waals surface area contributed by atoms with Gasteiger partial charge in [-0.25, -0.2) is 4.79 Å². The molecule has 5 rings (SSSR count). The molecule has 5 fully saturated rings. The summed E-state index contributed by atoms with van der Waals surface area (Å²) < 4.78 is 5.10. The summed E-state index contributed by atoms with van der Waals surface area (Å²) in [5, 5.41) is 21.8. The largest absolute Gasteiger partial charge is 0.450 e. The molecule has 7 nitrogen and oxygen atoms in total. The maximum Gasteiger partial charge on any atom is 0.409 e. The van der Waals surface area contributed by atoms with Crippen molar-refractivity contribution in [1.82, 2.24) is 9.80 Å². The molecule has 2 amide bonds. The summed E-state index contributed by atoms with van der Waals surface area (Å²) >= 11 is 0. The van der Waals surface area contributed by atoms with Crippen molar-refractivity contribution in [2.45, 2.75) is 104 Å². The second kappa shape index (κ2) is 10.9. The number of amides is 2. The van der Waals surface area contributed by atoms with Gasteiger partial charge in [0.05, 0.1) is 18.8 Å². The van der Waals surface area contributed by atoms with Crippen LogP contribution >= 0.6 is 0 Å². The van der Waals surface area contributed by atoms with Gasteiger partial charge in [0.2, 0.25) is 5.91 Å². The minimum atomic E-state index is -0.277. The lowest BCUT2D eigenvalue weighted by atomic mass is 9.43. The highest BCUT2D eigenvalue weighted by molar-refractivity contribution is 5.76. The number of aliphatic hydroxyl groups is 2. The van der Waals surface area contributed by atoms with Gasteiger partial charge in [0.1, 0.15) is 0 Å². The van der Waals surface area contributed by atoms with E-state index < -0.39 is 0 Å². The SMILES string of the molecule is CCOC(=O)N1CCN(C(=O)CC[C@H](C)[C@@H]2CC[C@@H]3[C@H]4[C@H](O)C[C@H]5C[C@@H](O)CC[C@@]5(C)[C@@H]4CC[C@]32C)CC1. The van der Waals surface area contributed by atoms with Crippen LogP contribution in [0, 0.1) is 46.3 Å². The standard InChI is InChI=1S/C31H52N2O5/c1-5-38-29(37)33-16-14-32(15-17-33)27(36)9-6-20(2)23-7-8-24-28-25(11-13-31(23,24)4)30(3)12-10-22(34)18-21(30)19-26(28)35/h20-26,28,34-35H,5-19H2,1-4H3/t20-,21+,22-,23-,24+,25+,26+,28+,30+,31-/m0/s1. The first kappa shape index (κ1) is 28.2. The number of rotatable bonds is 5. The Hall–Kier alpha value is -1.34. The van der Waals surface area contributed by atoms with Crippen molar-refractivity contribution in [2.24, 2.45) is 46.3 Å². The molecule has 4 saturated carbocycles. The summed E-state index contributed by atoms with van der Waals surface area (Å²) in [5.74, 6) is 3.29. The number of piperazine rings is 1. The van der Waals surface area contributed by atoms with Crippen LogP contribution in [0.4, 0.5) is 4.79 Å². The molecule has 0 spiro atoms. The van der Waals surface area contributed by atoms with Crippen LogP contribution in [0.5, 0.6) is 0 Å². The molecule has 1 heterocycles. The number of hydrogen-bond acceptors (Lipinski definition) is 5. The van der Waals surface area contributed by atoms with Gasteiger partial charge in [-0.1, -0.05) is 20.8 Å². The zero-order valence-electron chi connectivity index (χ0n) is 24.2. The van der Waals surface area contributed by atoms with Gasteiger partial charge in [0.15, 0.2) is 0 Å². The lowest BCUT2D eigenvalue weighted by Crippen LogP contribution is -2.58. The Balaban J connectivity index is 1.17. The van der Waals surface area contributed by atoms with Crippen LogP contribution in [0.3, 0.4) is 0 Å². The van der Waals surface area contributed by atoms with E-state index in [9.17, 15) is 19.8 Å². The van der Waals surface area contributed by atoms with E-state index in [1.165, 1.54) is 25.7 Å². The maximum absolute atomic E-state index is 13.0. The van der Waals surface area contributed by atoms with Crippen molar-refractivity contribution in [3.8, 4) is 0 Å². The lowest BCUT2D eigenvalue weighted by Gasteiger charge is -2.62. The highest BCUT2D eigenvalue weighted by Gasteiger charge is 2.62. The van der Waals surface area contributed by atoms with E-state index in [2.05, 4.69) is 20.8 Å². The fraction of sp³-hybridized carbons (Fsp3) is 0.935. The molecule has 2 N–H and O–H groups in total. The number of nitrogens with zero attached hydrogens (tertiary/aromatic N) is 2. The molecule has 0 aromatic carbocycles. The van der Waals surface area contributed by atoms with Crippen molar-refractivity contribution in [1.29, 1.82) is 0 Å². The number of aliphatic hydroxyl groups excluding tert-OH is 2. The highest BCUT2D eigenvalue weighted by Crippen LogP contribution is 2.68. The predicted molar refractivity (Wildman–Crippen MR) is 146 cm³/mol. The van der Waals surface area contributed by atoms with Crippen LogP contribution in [0.1, 0.15) is 91.9 Å². The van der Waals surface area contributed by atoms with Crippen molar-refractivity contribution in [3.05, 3.63) is 0 Å². The Labute approximate surface area is 229 Å². The molecule has 0 unspecified atom stereocenters. The minimum Gasteiger partial charge on any atom is -0.450 e. The zero-order valence-corrected chi connectivity index (χ0v) is 24.2. The van der Waals surface area contributed by atoms with Crippen LogP contribution in [0.2, 0.25) is 0 Å². The van der Waals surface area contributed by atoms with Crippen LogP contribution < -0.4 is 0 Å². The topological polar surface area (TPSA) is 90.3 Å². The second-order valence-corrected chi connectivity index (χ2v) is 14.0. The first-order valence-corrected chi connectivity index (χ1v) is 15.6. The molecule has 5 aliphatic rings. The average molecular weight is 533 g/mol. The minimum absolute atomic E-state index is 0.188. The quantitative estimate of drug-likeness (QED) is 0.536. The van der Waals surface area contributed by atoms with Crippen molar-refractivity contribution < 1.29 is 24.5 Å². The molecular formula is C31H52N2O5. The molecule has 7 heteroatoms. The van der Waals surface area contributed by atoms with E-state index in [0.29, 0.717) is 74.7 Å². The third kappa shape index (κ3) is 4.88. The predicted octanol–water partition coefficient (Wildman–Crippen LogP) is 4.69. The molecule has 1 saturated heterocycles. The summed E-state index contributed by atoms with van der Waals surface area (Å²) in [6, 6.07) is 0. The van der Waals surface area contributed by atoms with Gasteiger partial charge in [-0.15, -0.1) is 0 Å². The molecule has 0 aromatic heterocycles. The van der Waals surface area contributed by atoms with Crippen LogP contribution in [0.25, 0.3) is 0 Å². The molecular weight excluding hydrogens is 480 g/mol. The highest BCUT2D eigenvalue weighted by atomic mass is 16.6. The summed E-state index contributed by atoms with van der Waals surface area (Å²) in [4.78, 5) is 28.6. The number of hydrogen-bond donors (Lipinski definition) is 2. The number of fused-ring (bicyclic) bond motifs is 5. The van der Waals surface area contributed by atoms with Gasteiger partial charge in [-0.3, -0.25) is 4.79 Å². The summed E-state index contributed by atoms with van der Waals surface area (Å²) in [6.07, 6.45) is 9.38. The molecule has 10 atom stereocenters. The third-order valence-corrected chi connectivity index (χ3v) is 12.4. The first-order chi connectivity index (χ1) is 18.1. The fourth-order valence-corrected chi connectivity index (χ4v) is 10.2. The Morgan fingerprint density at radius 1 is 0.921 bits per heavy atom. The number of carbonyl (C=O) groups excluding carboxylic acids is 2. The Kier molecular flexibility index (Phi) is 8.10. The van der Waals surface area contributed by atoms with Crippen molar-refractivity contribution in [2.75, 3.05) is 32.8 Å². The van der Waals surface area contributed by atoms with Gasteiger partial charge >= 0.3 is 6.09 Å². The summed E-state index contributed by atoms with van der Waals surface area (Å²) in [5.41, 5.74) is 0.505. The Bertz CT molecular complexity index is 874. The summed E-state index contributed by atoms with van der Waals surface area (Å²) in [6.45, 7) is 11.8. The second-order valence-electron chi connectivity index (χ2n) is 14.0. The van der Waals surface area contributed by atoms with Crippen LogP contribution in [-0.2, 0) is 9.53 Å². The molecule has 0 bridgehead atoms. The fourth-order valence-electron chi connectivity index (χ4n) is 10.2. The lowest BCUT2D eigenvalue weighted by molar-refractivity contribution is -0.174. The molecule has 0 radical (unpaired) electrons. The van der Waals surface area contributed by atoms with Crippen LogP contribution in [-0.4, -0.2) is 77.0 Å². The smallest absolute Gasteiger partial charge is 0.409 e. The van der Waals surface area contributed by atoms with Crippen LogP contribution in [0.15, 0.2) is 0 Å². The molecule has 4 aliphatic carbocycles. The van der Waals surface area contributed by atoms with Gasteiger partial charge in [0, 0.05) is 32.6 Å². The van der Waals surface area contributed by atoms with E-state index in [0.717, 1.165) is 32.1 Å². The molecule has 216 valence electrons. The van der Waals surface area contributed by atoms with E-state index in [-0.39, 0.29) is 35.0 Å². The molecule has 0 aromatic rings. The van der Waals surface area contributed by atoms with Gasteiger partial charge < -0.3 is 24.7 Å². The van der Waals surface area contributed by atoms with E-state index in [1.54, 1.807) is 4.90 Å². The summed E-state index contributed by atoms with van der Waals surface area (Å²) in [7, 11) is 0. The number of ether oxygens (including phenoxy) is 1. The monoisotopic (exact) mass is 532 g/mol. The molecule has 1 aliphatic heterocycles. The Morgan fingerprint density at radius 2 is 1.58 bits per heavy atom. The first-order valence-electron chi connectivity index (χ1n) is 15.6.